The first-order valence-corrected chi connectivity index (χ1v) is 6.96. The molecule has 0 unspecified atom stereocenters. The smallest absolute Gasteiger partial charge is 0.268 e. The summed E-state index contributed by atoms with van der Waals surface area (Å²) in [6.45, 7) is 0. The molecule has 3 rings (SSSR count). The fourth-order valence-corrected chi connectivity index (χ4v) is 2.90. The van der Waals surface area contributed by atoms with Crippen molar-refractivity contribution in [1.82, 2.24) is 10.2 Å². The molecule has 1 amide bonds. The summed E-state index contributed by atoms with van der Waals surface area (Å²) >= 11 is 1.21. The summed E-state index contributed by atoms with van der Waals surface area (Å²) in [7, 11) is 1.55. The third kappa shape index (κ3) is 2.38. The Morgan fingerprint density at radius 2 is 2.14 bits per heavy atom. The molecular weight excluding hydrogens is 288 g/mol. The second-order valence-electron chi connectivity index (χ2n) is 4.25. The Bertz CT molecular complexity index is 816. The summed E-state index contributed by atoms with van der Waals surface area (Å²) in [5.41, 5.74) is 7.02. The number of aromatic nitrogens is 2. The fraction of sp³-hybridized carbons (Fsp3) is 0.0714. The number of nitrogens with zero attached hydrogens (tertiary/aromatic N) is 2. The number of carbonyl (C=O) groups is 1. The van der Waals surface area contributed by atoms with Crippen LogP contribution in [-0.2, 0) is 0 Å². The van der Waals surface area contributed by atoms with Crippen LogP contribution < -0.4 is 15.8 Å². The molecule has 106 valence electrons. The van der Waals surface area contributed by atoms with E-state index in [1.54, 1.807) is 31.5 Å². The first-order chi connectivity index (χ1) is 10.2. The van der Waals surface area contributed by atoms with Gasteiger partial charge in [-0.05, 0) is 18.2 Å². The number of nitrogens with one attached hydrogen (secondary N) is 1. The number of para-hydroxylation sites is 2. The molecule has 2 aromatic heterocycles. The Hall–Kier alpha value is -2.67. The molecule has 0 spiro atoms. The summed E-state index contributed by atoms with van der Waals surface area (Å²) in [5, 5.41) is 11.3. The van der Waals surface area contributed by atoms with Crippen LogP contribution in [0.15, 0.2) is 36.5 Å². The molecule has 6 nitrogen and oxygen atoms in total. The van der Waals surface area contributed by atoms with Gasteiger partial charge in [-0.3, -0.25) is 4.79 Å². The van der Waals surface area contributed by atoms with Gasteiger partial charge in [0.05, 0.1) is 24.7 Å². The Morgan fingerprint density at radius 1 is 1.33 bits per heavy atom. The van der Waals surface area contributed by atoms with E-state index in [2.05, 4.69) is 15.5 Å². The number of ether oxygens (including phenoxy) is 1. The minimum absolute atomic E-state index is 0.292. The summed E-state index contributed by atoms with van der Waals surface area (Å²) in [5.74, 6) is 0.297. The minimum atomic E-state index is -0.292. The number of rotatable bonds is 3. The third-order valence-corrected chi connectivity index (χ3v) is 4.09. The average molecular weight is 300 g/mol. The molecule has 1 aromatic carbocycles. The Balaban J connectivity index is 1.96. The number of fused-ring (bicyclic) bond motifs is 1. The van der Waals surface area contributed by atoms with Crippen LogP contribution in [0, 0.1) is 0 Å². The van der Waals surface area contributed by atoms with Gasteiger partial charge in [-0.2, -0.15) is 5.10 Å². The molecule has 3 aromatic rings. The second-order valence-corrected chi connectivity index (χ2v) is 5.25. The standard InChI is InChI=1S/C14H12N4O2S/c1-20-10-5-3-2-4-9(10)17-13(19)12-11(15)8-6-7-16-18-14(8)21-12/h2-7H,15H2,1H3,(H,17,19). The SMILES string of the molecule is COc1ccccc1NC(=O)c1sc2nnccc2c1N. The van der Waals surface area contributed by atoms with Crippen LogP contribution in [0.5, 0.6) is 5.75 Å². The summed E-state index contributed by atoms with van der Waals surface area (Å²) in [6, 6.07) is 8.93. The van der Waals surface area contributed by atoms with Crippen molar-refractivity contribution < 1.29 is 9.53 Å². The van der Waals surface area contributed by atoms with Crippen molar-refractivity contribution >= 4 is 38.8 Å². The topological polar surface area (TPSA) is 90.1 Å². The lowest BCUT2D eigenvalue weighted by Gasteiger charge is -2.09. The molecule has 0 atom stereocenters. The lowest BCUT2D eigenvalue weighted by Crippen LogP contribution is -2.12. The molecule has 7 heteroatoms. The largest absolute Gasteiger partial charge is 0.495 e. The van der Waals surface area contributed by atoms with E-state index in [0.717, 1.165) is 5.39 Å². The number of thiophene rings is 1. The predicted octanol–water partition coefficient (Wildman–Crippen LogP) is 2.53. The first-order valence-electron chi connectivity index (χ1n) is 6.14. The van der Waals surface area contributed by atoms with Crippen LogP contribution in [0.2, 0.25) is 0 Å². The van der Waals surface area contributed by atoms with Gasteiger partial charge in [0.15, 0.2) is 0 Å². The number of benzene rings is 1. The third-order valence-electron chi connectivity index (χ3n) is 2.98. The van der Waals surface area contributed by atoms with Gasteiger partial charge >= 0.3 is 0 Å². The van der Waals surface area contributed by atoms with Gasteiger partial charge in [-0.25, -0.2) is 0 Å². The van der Waals surface area contributed by atoms with Crippen molar-refractivity contribution in [1.29, 1.82) is 0 Å². The van der Waals surface area contributed by atoms with Gasteiger partial charge in [-0.15, -0.1) is 16.4 Å². The lowest BCUT2D eigenvalue weighted by atomic mass is 10.2. The molecule has 2 heterocycles. The van der Waals surface area contributed by atoms with Crippen molar-refractivity contribution in [2.45, 2.75) is 0 Å². The fourth-order valence-electron chi connectivity index (χ4n) is 1.97. The molecule has 0 bridgehead atoms. The van der Waals surface area contributed by atoms with Crippen molar-refractivity contribution in [3.05, 3.63) is 41.4 Å². The van der Waals surface area contributed by atoms with Gasteiger partial charge < -0.3 is 15.8 Å². The van der Waals surface area contributed by atoms with Crippen LogP contribution in [0.25, 0.3) is 10.2 Å². The minimum Gasteiger partial charge on any atom is -0.495 e. The number of hydrogen-bond acceptors (Lipinski definition) is 6. The van der Waals surface area contributed by atoms with E-state index in [9.17, 15) is 4.79 Å². The summed E-state index contributed by atoms with van der Waals surface area (Å²) in [4.78, 5) is 13.4. The number of anilines is 2. The maximum atomic E-state index is 12.4. The van der Waals surface area contributed by atoms with Crippen LogP contribution in [0.4, 0.5) is 11.4 Å². The summed E-state index contributed by atoms with van der Waals surface area (Å²) in [6.07, 6.45) is 1.55. The van der Waals surface area contributed by atoms with E-state index in [0.29, 0.717) is 26.8 Å². The number of nitrogen functional groups attached to an aromatic ring is 1. The molecule has 21 heavy (non-hydrogen) atoms. The molecule has 0 aliphatic rings. The van der Waals surface area contributed by atoms with Crippen molar-refractivity contribution in [2.24, 2.45) is 0 Å². The molecule has 0 radical (unpaired) electrons. The zero-order valence-corrected chi connectivity index (χ0v) is 12.0. The number of amides is 1. The van der Waals surface area contributed by atoms with E-state index in [4.69, 9.17) is 10.5 Å². The highest BCUT2D eigenvalue weighted by atomic mass is 32.1. The van der Waals surface area contributed by atoms with Crippen LogP contribution in [-0.4, -0.2) is 23.2 Å². The van der Waals surface area contributed by atoms with Crippen LogP contribution in [0.3, 0.4) is 0 Å². The van der Waals surface area contributed by atoms with Gasteiger partial charge in [0.1, 0.15) is 15.5 Å². The van der Waals surface area contributed by atoms with Crippen LogP contribution >= 0.6 is 11.3 Å². The quantitative estimate of drug-likeness (QED) is 0.775. The van der Waals surface area contributed by atoms with Gasteiger partial charge in [0.25, 0.3) is 5.91 Å². The van der Waals surface area contributed by atoms with E-state index in [1.807, 2.05) is 12.1 Å². The zero-order valence-electron chi connectivity index (χ0n) is 11.2. The number of carbonyl (C=O) groups excluding carboxylic acids is 1. The van der Waals surface area contributed by atoms with Crippen molar-refractivity contribution in [2.75, 3.05) is 18.2 Å². The van der Waals surface area contributed by atoms with E-state index >= 15 is 0 Å². The molecule has 0 aliphatic carbocycles. The Labute approximate surface area is 124 Å². The molecule has 0 fully saturated rings. The number of methoxy groups -OCH3 is 1. The Morgan fingerprint density at radius 3 is 2.90 bits per heavy atom. The van der Waals surface area contributed by atoms with Gasteiger partial charge in [0.2, 0.25) is 0 Å². The van der Waals surface area contributed by atoms with E-state index in [1.165, 1.54) is 11.3 Å². The molecular formula is C14H12N4O2S. The highest BCUT2D eigenvalue weighted by Gasteiger charge is 2.18. The number of nitrogens with two attached hydrogens (primary N) is 1. The normalized spacial score (nSPS) is 10.5. The Kier molecular flexibility index (Phi) is 3.41. The second kappa shape index (κ2) is 5.37. The van der Waals surface area contributed by atoms with Crippen molar-refractivity contribution in [3.63, 3.8) is 0 Å². The molecule has 0 saturated heterocycles. The molecule has 0 aliphatic heterocycles. The maximum absolute atomic E-state index is 12.4. The lowest BCUT2D eigenvalue weighted by molar-refractivity contribution is 0.103. The van der Waals surface area contributed by atoms with Gasteiger partial charge in [-0.1, -0.05) is 12.1 Å². The van der Waals surface area contributed by atoms with Crippen molar-refractivity contribution in [3.8, 4) is 5.75 Å². The maximum Gasteiger partial charge on any atom is 0.268 e. The van der Waals surface area contributed by atoms with Gasteiger partial charge in [0, 0.05) is 5.39 Å². The number of hydrogen-bond donors (Lipinski definition) is 2. The summed E-state index contributed by atoms with van der Waals surface area (Å²) < 4.78 is 5.21. The molecule has 0 saturated carbocycles. The highest BCUT2D eigenvalue weighted by molar-refractivity contribution is 7.21. The average Bonchev–Trinajstić information content (AvgIpc) is 2.85. The zero-order chi connectivity index (χ0) is 14.8. The molecule has 3 N–H and O–H groups in total. The first kappa shape index (κ1) is 13.3. The highest BCUT2D eigenvalue weighted by Crippen LogP contribution is 2.33. The predicted molar refractivity (Wildman–Crippen MR) is 82.8 cm³/mol. The van der Waals surface area contributed by atoms with Crippen LogP contribution in [0.1, 0.15) is 9.67 Å². The van der Waals surface area contributed by atoms with E-state index < -0.39 is 0 Å². The monoisotopic (exact) mass is 300 g/mol. The van der Waals surface area contributed by atoms with E-state index in [-0.39, 0.29) is 5.91 Å².